The lowest BCUT2D eigenvalue weighted by molar-refractivity contribution is -0.131. The lowest BCUT2D eigenvalue weighted by atomic mass is 9.93. The van der Waals surface area contributed by atoms with Gasteiger partial charge in [-0.15, -0.1) is 37.9 Å². The van der Waals surface area contributed by atoms with Crippen molar-refractivity contribution in [3.63, 3.8) is 0 Å². The second-order valence-electron chi connectivity index (χ2n) is 3.11. The molecule has 0 spiro atoms. The number of carbonyl (C=O) groups is 1. The molecule has 17 heavy (non-hydrogen) atoms. The molecule has 0 aliphatic rings. The highest BCUT2D eigenvalue weighted by Gasteiger charge is 2.26. The van der Waals surface area contributed by atoms with Crippen molar-refractivity contribution in [2.24, 2.45) is 5.41 Å². The fourth-order valence-corrected chi connectivity index (χ4v) is 0.587. The minimum Gasteiger partial charge on any atom is -0.477 e. The van der Waals surface area contributed by atoms with E-state index in [1.54, 1.807) is 0 Å². The number of carboxylic acids is 1. The van der Waals surface area contributed by atoms with Crippen LogP contribution in [-0.4, -0.2) is 57.9 Å². The van der Waals surface area contributed by atoms with Gasteiger partial charge in [-0.25, -0.2) is 4.79 Å². The molecule has 0 amide bonds. The third-order valence-electron chi connectivity index (χ3n) is 1.76. The Morgan fingerprint density at radius 1 is 0.882 bits per heavy atom. The molecule has 0 aliphatic carbocycles. The topological polar surface area (TPSA) is 118 Å². The van der Waals surface area contributed by atoms with E-state index in [1.165, 1.54) is 0 Å². The Balaban J connectivity index is 0. The molecule has 0 aromatic carbocycles. The van der Waals surface area contributed by atoms with Gasteiger partial charge >= 0.3 is 5.97 Å². The first kappa shape index (κ1) is 19.4. The zero-order valence-corrected chi connectivity index (χ0v) is 11.5. The Labute approximate surface area is 115 Å². The van der Waals surface area contributed by atoms with E-state index in [1.807, 2.05) is 0 Å². The first-order valence-corrected chi connectivity index (χ1v) is 5.62. The SMILES string of the molecule is O=C(O)C(S)=C(S)S.OCC(CO)(CO)CO. The van der Waals surface area contributed by atoms with Gasteiger partial charge in [-0.3, -0.25) is 0 Å². The Morgan fingerprint density at radius 3 is 1.18 bits per heavy atom. The molecule has 5 N–H and O–H groups in total. The molecule has 0 aromatic rings. The molecule has 0 atom stereocenters. The number of thiol groups is 3. The van der Waals surface area contributed by atoms with Gasteiger partial charge in [0.15, 0.2) is 0 Å². The highest BCUT2D eigenvalue weighted by Crippen LogP contribution is 2.15. The van der Waals surface area contributed by atoms with Gasteiger partial charge in [-0.05, 0) is 0 Å². The van der Waals surface area contributed by atoms with E-state index in [0.717, 1.165) is 0 Å². The van der Waals surface area contributed by atoms with E-state index in [4.69, 9.17) is 25.5 Å². The number of aliphatic carboxylic acids is 1. The normalized spacial score (nSPS) is 10.3. The molecular formula is C8H16O6S3. The van der Waals surface area contributed by atoms with Crippen LogP contribution in [0, 0.1) is 5.41 Å². The van der Waals surface area contributed by atoms with Crippen molar-refractivity contribution in [3.8, 4) is 0 Å². The van der Waals surface area contributed by atoms with E-state index in [2.05, 4.69) is 37.9 Å². The quantitative estimate of drug-likeness (QED) is 0.243. The van der Waals surface area contributed by atoms with E-state index < -0.39 is 37.8 Å². The molecule has 0 saturated heterocycles. The van der Waals surface area contributed by atoms with Crippen molar-refractivity contribution >= 4 is 43.9 Å². The molecule has 0 aliphatic heterocycles. The fourth-order valence-electron chi connectivity index (χ4n) is 0.396. The molecule has 0 unspecified atom stereocenters. The number of carboxylic acid groups (broad SMARTS) is 1. The third-order valence-corrected chi connectivity index (χ3v) is 2.97. The van der Waals surface area contributed by atoms with Crippen LogP contribution in [0.15, 0.2) is 9.14 Å². The van der Waals surface area contributed by atoms with Gasteiger partial charge in [0.25, 0.3) is 0 Å². The molecule has 102 valence electrons. The van der Waals surface area contributed by atoms with Gasteiger partial charge in [-0.1, -0.05) is 0 Å². The molecule has 0 radical (unpaired) electrons. The van der Waals surface area contributed by atoms with E-state index in [-0.39, 0.29) is 9.14 Å². The zero-order valence-electron chi connectivity index (χ0n) is 8.81. The van der Waals surface area contributed by atoms with Gasteiger partial charge < -0.3 is 25.5 Å². The number of hydrogen-bond acceptors (Lipinski definition) is 8. The lowest BCUT2D eigenvalue weighted by Gasteiger charge is -2.23. The molecule has 0 fully saturated rings. The molecule has 9 heteroatoms. The van der Waals surface area contributed by atoms with Crippen LogP contribution in [0.1, 0.15) is 0 Å². The predicted molar refractivity (Wildman–Crippen MR) is 72.4 cm³/mol. The second kappa shape index (κ2) is 10.1. The van der Waals surface area contributed by atoms with E-state index >= 15 is 0 Å². The molecule has 0 rings (SSSR count). The van der Waals surface area contributed by atoms with Crippen LogP contribution in [0.4, 0.5) is 0 Å². The van der Waals surface area contributed by atoms with Gasteiger partial charge in [0.05, 0.1) is 36.1 Å². The Bertz CT molecular complexity index is 242. The largest absolute Gasteiger partial charge is 0.477 e. The molecular weight excluding hydrogens is 288 g/mol. The Hall–Kier alpha value is 0.1000. The first-order chi connectivity index (χ1) is 7.80. The summed E-state index contributed by atoms with van der Waals surface area (Å²) in [6, 6.07) is 0. The average molecular weight is 304 g/mol. The number of aliphatic hydroxyl groups is 4. The average Bonchev–Trinajstić information content (AvgIpc) is 2.32. The number of aliphatic hydroxyl groups excluding tert-OH is 4. The smallest absolute Gasteiger partial charge is 0.343 e. The highest BCUT2D eigenvalue weighted by atomic mass is 32.2. The van der Waals surface area contributed by atoms with Crippen molar-refractivity contribution in [3.05, 3.63) is 9.14 Å². The van der Waals surface area contributed by atoms with Gasteiger partial charge in [-0.2, -0.15) is 0 Å². The highest BCUT2D eigenvalue weighted by molar-refractivity contribution is 8.06. The summed E-state index contributed by atoms with van der Waals surface area (Å²) in [5.74, 6) is -1.12. The minimum absolute atomic E-state index is 0.112. The van der Waals surface area contributed by atoms with Crippen molar-refractivity contribution in [1.29, 1.82) is 0 Å². The Kier molecular flexibility index (Phi) is 11.5. The maximum absolute atomic E-state index is 9.91. The number of hydrogen-bond donors (Lipinski definition) is 8. The summed E-state index contributed by atoms with van der Waals surface area (Å²) in [5, 5.41) is 42.1. The standard InChI is InChI=1S/C5H12O4.C3H4O2S3/c6-1-5(2-7,3-8)4-9;4-2(5)1(6)3(7)8/h6-9H,1-4H2;6-8H,(H,4,5). The second-order valence-corrected chi connectivity index (χ2v) is 4.80. The predicted octanol–water partition coefficient (Wildman–Crippen LogP) is -1.03. The van der Waals surface area contributed by atoms with Gasteiger partial charge in [0, 0.05) is 0 Å². The molecule has 0 bridgehead atoms. The maximum Gasteiger partial charge on any atom is 0.343 e. The van der Waals surface area contributed by atoms with Crippen LogP contribution in [-0.2, 0) is 4.79 Å². The third kappa shape index (κ3) is 7.92. The van der Waals surface area contributed by atoms with E-state index in [0.29, 0.717) is 0 Å². The summed E-state index contributed by atoms with van der Waals surface area (Å²) >= 11 is 10.8. The summed E-state index contributed by atoms with van der Waals surface area (Å²) in [6.45, 7) is -1.62. The van der Waals surface area contributed by atoms with Crippen LogP contribution >= 0.6 is 37.9 Å². The maximum atomic E-state index is 9.91. The summed E-state index contributed by atoms with van der Waals surface area (Å²) in [5.41, 5.74) is -1.11. The summed E-state index contributed by atoms with van der Waals surface area (Å²) in [7, 11) is 0. The molecule has 0 heterocycles. The Morgan fingerprint density at radius 2 is 1.18 bits per heavy atom. The van der Waals surface area contributed by atoms with Gasteiger partial charge in [0.2, 0.25) is 0 Å². The van der Waals surface area contributed by atoms with Crippen molar-refractivity contribution in [2.45, 2.75) is 0 Å². The van der Waals surface area contributed by atoms with Crippen molar-refractivity contribution < 1.29 is 30.3 Å². The van der Waals surface area contributed by atoms with E-state index in [9.17, 15) is 4.79 Å². The minimum atomic E-state index is -1.12. The van der Waals surface area contributed by atoms with Crippen molar-refractivity contribution in [2.75, 3.05) is 26.4 Å². The zero-order chi connectivity index (χ0) is 14.1. The monoisotopic (exact) mass is 304 g/mol. The number of rotatable bonds is 5. The van der Waals surface area contributed by atoms with Crippen LogP contribution in [0.3, 0.4) is 0 Å². The van der Waals surface area contributed by atoms with Crippen LogP contribution in [0.2, 0.25) is 0 Å². The fraction of sp³-hybridized carbons (Fsp3) is 0.625. The first-order valence-electron chi connectivity index (χ1n) is 4.28. The van der Waals surface area contributed by atoms with Crippen LogP contribution in [0.5, 0.6) is 0 Å². The van der Waals surface area contributed by atoms with Crippen LogP contribution < -0.4 is 0 Å². The summed E-state index contributed by atoms with van der Waals surface area (Å²) < 4.78 is 0.112. The molecule has 0 saturated carbocycles. The molecule has 0 aromatic heterocycles. The van der Waals surface area contributed by atoms with Crippen LogP contribution in [0.25, 0.3) is 0 Å². The molecule has 6 nitrogen and oxygen atoms in total. The van der Waals surface area contributed by atoms with Gasteiger partial charge in [0.1, 0.15) is 4.91 Å². The van der Waals surface area contributed by atoms with Crippen molar-refractivity contribution in [1.82, 2.24) is 0 Å². The lowest BCUT2D eigenvalue weighted by Crippen LogP contribution is -2.37. The summed E-state index contributed by atoms with van der Waals surface area (Å²) in [6.07, 6.45) is 0. The summed E-state index contributed by atoms with van der Waals surface area (Å²) in [4.78, 5) is 9.77.